The van der Waals surface area contributed by atoms with Crippen molar-refractivity contribution in [1.29, 1.82) is 0 Å². The summed E-state index contributed by atoms with van der Waals surface area (Å²) in [5.41, 5.74) is 0.523. The fraction of sp³-hybridized carbons (Fsp3) is 1.00. The van der Waals surface area contributed by atoms with Gasteiger partial charge in [-0.15, -0.1) is 0 Å². The molecule has 2 atom stereocenters. The Morgan fingerprint density at radius 1 is 1.55 bits per heavy atom. The zero-order valence-electron chi connectivity index (χ0n) is 7.23. The van der Waals surface area contributed by atoms with E-state index in [9.17, 15) is 0 Å². The molecule has 0 amide bonds. The van der Waals surface area contributed by atoms with Gasteiger partial charge in [0, 0.05) is 18.6 Å². The molecule has 1 aliphatic heterocycles. The van der Waals surface area contributed by atoms with Crippen LogP contribution in [0.1, 0.15) is 25.7 Å². The maximum atomic E-state index is 5.69. The maximum Gasteiger partial charge on any atom is 0.0644 e. The molecule has 1 aliphatic carbocycles. The molecule has 2 aliphatic rings. The van der Waals surface area contributed by atoms with Crippen LogP contribution in [0.15, 0.2) is 0 Å². The molecule has 0 aromatic carbocycles. The van der Waals surface area contributed by atoms with Crippen molar-refractivity contribution < 1.29 is 4.74 Å². The lowest BCUT2D eigenvalue weighted by molar-refractivity contribution is 0.0707. The zero-order valence-corrected chi connectivity index (χ0v) is 7.23. The molecule has 64 valence electrons. The van der Waals surface area contributed by atoms with E-state index >= 15 is 0 Å². The van der Waals surface area contributed by atoms with Crippen LogP contribution in [0.4, 0.5) is 0 Å². The van der Waals surface area contributed by atoms with Crippen LogP contribution in [0.2, 0.25) is 0 Å². The van der Waals surface area contributed by atoms with Crippen molar-refractivity contribution in [2.75, 3.05) is 20.2 Å². The average Bonchev–Trinajstić information content (AvgIpc) is 2.45. The predicted molar refractivity (Wildman–Crippen MR) is 44.6 cm³/mol. The van der Waals surface area contributed by atoms with Gasteiger partial charge in [-0.05, 0) is 26.3 Å². The van der Waals surface area contributed by atoms with Gasteiger partial charge < -0.3 is 10.1 Å². The van der Waals surface area contributed by atoms with Gasteiger partial charge >= 0.3 is 0 Å². The first-order chi connectivity index (χ1) is 5.37. The highest BCUT2D eigenvalue weighted by Gasteiger charge is 2.46. The molecule has 2 rings (SSSR count). The number of ether oxygens (including phenoxy) is 1. The molecule has 0 bridgehead atoms. The predicted octanol–water partition coefficient (Wildman–Crippen LogP) is 1.17. The van der Waals surface area contributed by atoms with Crippen molar-refractivity contribution in [2.45, 2.75) is 31.8 Å². The maximum absolute atomic E-state index is 5.69. The molecule has 2 nitrogen and oxygen atoms in total. The lowest BCUT2D eigenvalue weighted by atomic mass is 9.83. The summed E-state index contributed by atoms with van der Waals surface area (Å²) in [5.74, 6) is 0. The summed E-state index contributed by atoms with van der Waals surface area (Å²) in [7, 11) is 2.04. The van der Waals surface area contributed by atoms with Gasteiger partial charge in [0.1, 0.15) is 0 Å². The highest BCUT2D eigenvalue weighted by molar-refractivity contribution is 4.97. The second-order valence-corrected chi connectivity index (χ2v) is 3.89. The fourth-order valence-corrected chi connectivity index (χ4v) is 2.70. The Kier molecular flexibility index (Phi) is 1.90. The van der Waals surface area contributed by atoms with Gasteiger partial charge in [0.05, 0.1) is 6.10 Å². The highest BCUT2D eigenvalue weighted by atomic mass is 16.5. The average molecular weight is 155 g/mol. The molecule has 1 heterocycles. The van der Waals surface area contributed by atoms with E-state index in [1.807, 2.05) is 7.05 Å². The number of nitrogens with one attached hydrogen (secondary N) is 1. The van der Waals surface area contributed by atoms with Gasteiger partial charge in [0.25, 0.3) is 0 Å². The van der Waals surface area contributed by atoms with E-state index in [-0.39, 0.29) is 0 Å². The summed E-state index contributed by atoms with van der Waals surface area (Å²) >= 11 is 0. The van der Waals surface area contributed by atoms with E-state index in [1.165, 1.54) is 25.7 Å². The SMILES string of the molecule is CNCC12CCCC1OCC2. The van der Waals surface area contributed by atoms with Crippen molar-refractivity contribution in [3.8, 4) is 0 Å². The Morgan fingerprint density at radius 3 is 3.27 bits per heavy atom. The quantitative estimate of drug-likeness (QED) is 0.646. The highest BCUT2D eigenvalue weighted by Crippen LogP contribution is 2.46. The lowest BCUT2D eigenvalue weighted by Gasteiger charge is -2.26. The summed E-state index contributed by atoms with van der Waals surface area (Å²) in [6.45, 7) is 2.14. The fourth-order valence-electron chi connectivity index (χ4n) is 2.70. The van der Waals surface area contributed by atoms with E-state index in [2.05, 4.69) is 5.32 Å². The van der Waals surface area contributed by atoms with Crippen molar-refractivity contribution >= 4 is 0 Å². The molecule has 1 N–H and O–H groups in total. The minimum absolute atomic E-state index is 0.523. The summed E-state index contributed by atoms with van der Waals surface area (Å²) < 4.78 is 5.69. The van der Waals surface area contributed by atoms with E-state index < -0.39 is 0 Å². The third kappa shape index (κ3) is 1.09. The second kappa shape index (κ2) is 2.76. The summed E-state index contributed by atoms with van der Waals surface area (Å²) in [6, 6.07) is 0. The van der Waals surface area contributed by atoms with Crippen LogP contribution in [0.5, 0.6) is 0 Å². The standard InChI is InChI=1S/C9H17NO/c1-10-7-9-4-2-3-8(9)11-6-5-9/h8,10H,2-7H2,1H3. The van der Waals surface area contributed by atoms with Gasteiger partial charge in [-0.1, -0.05) is 6.42 Å². The number of hydrogen-bond donors (Lipinski definition) is 1. The molecule has 1 saturated heterocycles. The van der Waals surface area contributed by atoms with Crippen molar-refractivity contribution in [3.05, 3.63) is 0 Å². The van der Waals surface area contributed by atoms with Crippen LogP contribution in [-0.4, -0.2) is 26.3 Å². The Balaban J connectivity index is 2.07. The third-order valence-corrected chi connectivity index (χ3v) is 3.27. The van der Waals surface area contributed by atoms with Crippen LogP contribution < -0.4 is 5.32 Å². The minimum Gasteiger partial charge on any atom is -0.378 e. The van der Waals surface area contributed by atoms with Crippen molar-refractivity contribution in [1.82, 2.24) is 5.32 Å². The monoisotopic (exact) mass is 155 g/mol. The number of rotatable bonds is 2. The number of fused-ring (bicyclic) bond motifs is 1. The first-order valence-corrected chi connectivity index (χ1v) is 4.64. The van der Waals surface area contributed by atoms with Gasteiger partial charge in [-0.25, -0.2) is 0 Å². The molecular formula is C9H17NO. The Labute approximate surface area is 68.3 Å². The van der Waals surface area contributed by atoms with E-state index in [1.54, 1.807) is 0 Å². The van der Waals surface area contributed by atoms with Gasteiger partial charge in [-0.3, -0.25) is 0 Å². The molecule has 0 aromatic rings. The number of hydrogen-bond acceptors (Lipinski definition) is 2. The largest absolute Gasteiger partial charge is 0.378 e. The molecule has 1 saturated carbocycles. The molecule has 2 unspecified atom stereocenters. The molecule has 2 heteroatoms. The van der Waals surface area contributed by atoms with Gasteiger partial charge in [-0.2, -0.15) is 0 Å². The summed E-state index contributed by atoms with van der Waals surface area (Å²) in [4.78, 5) is 0. The van der Waals surface area contributed by atoms with E-state index in [0.29, 0.717) is 11.5 Å². The molecule has 0 radical (unpaired) electrons. The summed E-state index contributed by atoms with van der Waals surface area (Å²) in [6.07, 6.45) is 5.89. The smallest absolute Gasteiger partial charge is 0.0644 e. The van der Waals surface area contributed by atoms with Crippen LogP contribution in [-0.2, 0) is 4.74 Å². The Bertz CT molecular complexity index is 136. The van der Waals surface area contributed by atoms with Crippen LogP contribution in [0, 0.1) is 5.41 Å². The van der Waals surface area contributed by atoms with Gasteiger partial charge in [0.2, 0.25) is 0 Å². The zero-order chi connectivity index (χ0) is 7.73. The lowest BCUT2D eigenvalue weighted by Crippen LogP contribution is -2.35. The van der Waals surface area contributed by atoms with Gasteiger partial charge in [0.15, 0.2) is 0 Å². The normalized spacial score (nSPS) is 42.8. The Hall–Kier alpha value is -0.0800. The van der Waals surface area contributed by atoms with Crippen molar-refractivity contribution in [2.24, 2.45) is 5.41 Å². The first kappa shape index (κ1) is 7.56. The molecule has 11 heavy (non-hydrogen) atoms. The van der Waals surface area contributed by atoms with E-state index in [0.717, 1.165) is 13.2 Å². The topological polar surface area (TPSA) is 21.3 Å². The minimum atomic E-state index is 0.523. The van der Waals surface area contributed by atoms with Crippen LogP contribution in [0.25, 0.3) is 0 Å². The summed E-state index contributed by atoms with van der Waals surface area (Å²) in [5, 5.41) is 3.29. The molecule has 0 spiro atoms. The molecule has 2 fully saturated rings. The van der Waals surface area contributed by atoms with E-state index in [4.69, 9.17) is 4.74 Å². The molecular weight excluding hydrogens is 138 g/mol. The van der Waals surface area contributed by atoms with Crippen LogP contribution >= 0.6 is 0 Å². The molecule has 0 aromatic heterocycles. The van der Waals surface area contributed by atoms with Crippen molar-refractivity contribution in [3.63, 3.8) is 0 Å². The third-order valence-electron chi connectivity index (χ3n) is 3.27. The van der Waals surface area contributed by atoms with Crippen LogP contribution in [0.3, 0.4) is 0 Å². The Morgan fingerprint density at radius 2 is 2.45 bits per heavy atom. The first-order valence-electron chi connectivity index (χ1n) is 4.64. The second-order valence-electron chi connectivity index (χ2n) is 3.89.